The van der Waals surface area contributed by atoms with Crippen molar-refractivity contribution >= 4 is 11.8 Å². The molecule has 25 heavy (non-hydrogen) atoms. The average molecular weight is 336 g/mol. The molecule has 2 amide bonds. The van der Waals surface area contributed by atoms with Crippen molar-refractivity contribution in [1.29, 1.82) is 0 Å². The fourth-order valence-electron chi connectivity index (χ4n) is 3.08. The van der Waals surface area contributed by atoms with E-state index in [1.54, 1.807) is 0 Å². The molecule has 1 heterocycles. The number of benzene rings is 2. The Balaban J connectivity index is 1.48. The molecule has 1 fully saturated rings. The lowest BCUT2D eigenvalue weighted by atomic mass is 10.1. The zero-order chi connectivity index (χ0) is 17.6. The van der Waals surface area contributed by atoms with Crippen LogP contribution < -0.4 is 0 Å². The van der Waals surface area contributed by atoms with Gasteiger partial charge in [-0.25, -0.2) is 0 Å². The van der Waals surface area contributed by atoms with Crippen LogP contribution in [0.15, 0.2) is 54.6 Å². The molecule has 0 N–H and O–H groups in total. The minimum Gasteiger partial charge on any atom is -0.339 e. The molecule has 1 aliphatic rings. The van der Waals surface area contributed by atoms with E-state index < -0.39 is 0 Å². The van der Waals surface area contributed by atoms with Crippen LogP contribution in [-0.2, 0) is 22.4 Å². The molecule has 0 bridgehead atoms. The van der Waals surface area contributed by atoms with Gasteiger partial charge in [0.15, 0.2) is 0 Å². The Morgan fingerprint density at radius 2 is 1.16 bits per heavy atom. The van der Waals surface area contributed by atoms with E-state index >= 15 is 0 Å². The minimum atomic E-state index is 0.136. The summed E-state index contributed by atoms with van der Waals surface area (Å²) < 4.78 is 0. The topological polar surface area (TPSA) is 40.6 Å². The molecule has 0 radical (unpaired) electrons. The normalized spacial score (nSPS) is 14.4. The SMILES string of the molecule is Cc1ccc(CC(=O)N2CCN(C(=O)Cc3ccccc3)CC2)cc1. The first-order chi connectivity index (χ1) is 12.1. The van der Waals surface area contributed by atoms with Gasteiger partial charge in [-0.15, -0.1) is 0 Å². The molecule has 1 aliphatic heterocycles. The van der Waals surface area contributed by atoms with Crippen LogP contribution in [0, 0.1) is 6.92 Å². The second kappa shape index (κ2) is 7.97. The first-order valence-electron chi connectivity index (χ1n) is 8.77. The van der Waals surface area contributed by atoms with Gasteiger partial charge in [0, 0.05) is 26.2 Å². The van der Waals surface area contributed by atoms with Gasteiger partial charge in [0.05, 0.1) is 12.8 Å². The van der Waals surface area contributed by atoms with Gasteiger partial charge in [-0.1, -0.05) is 60.2 Å². The second-order valence-corrected chi connectivity index (χ2v) is 6.59. The number of rotatable bonds is 4. The van der Waals surface area contributed by atoms with Gasteiger partial charge >= 0.3 is 0 Å². The molecular formula is C21H24N2O2. The number of hydrogen-bond acceptors (Lipinski definition) is 2. The van der Waals surface area contributed by atoms with Crippen LogP contribution in [0.4, 0.5) is 0 Å². The number of carbonyl (C=O) groups is 2. The summed E-state index contributed by atoms with van der Waals surface area (Å²) in [6, 6.07) is 17.9. The monoisotopic (exact) mass is 336 g/mol. The van der Waals surface area contributed by atoms with E-state index in [1.807, 2.05) is 71.3 Å². The summed E-state index contributed by atoms with van der Waals surface area (Å²) in [5.41, 5.74) is 3.27. The van der Waals surface area contributed by atoms with Crippen molar-refractivity contribution in [2.75, 3.05) is 26.2 Å². The van der Waals surface area contributed by atoms with E-state index in [2.05, 4.69) is 0 Å². The van der Waals surface area contributed by atoms with Crippen LogP contribution in [-0.4, -0.2) is 47.8 Å². The third-order valence-corrected chi connectivity index (χ3v) is 4.66. The van der Waals surface area contributed by atoms with Crippen molar-refractivity contribution in [1.82, 2.24) is 9.80 Å². The van der Waals surface area contributed by atoms with Gasteiger partial charge < -0.3 is 9.80 Å². The molecule has 0 unspecified atom stereocenters. The average Bonchev–Trinajstić information content (AvgIpc) is 2.64. The van der Waals surface area contributed by atoms with Gasteiger partial charge in [-0.3, -0.25) is 9.59 Å². The molecular weight excluding hydrogens is 312 g/mol. The van der Waals surface area contributed by atoms with Crippen molar-refractivity contribution in [3.05, 3.63) is 71.3 Å². The van der Waals surface area contributed by atoms with Gasteiger partial charge in [-0.05, 0) is 18.1 Å². The van der Waals surface area contributed by atoms with E-state index in [0.29, 0.717) is 39.0 Å². The molecule has 130 valence electrons. The Bertz CT molecular complexity index is 717. The lowest BCUT2D eigenvalue weighted by molar-refractivity contribution is -0.138. The van der Waals surface area contributed by atoms with Crippen LogP contribution in [0.25, 0.3) is 0 Å². The standard InChI is InChI=1S/C21H24N2O2/c1-17-7-9-19(10-8-17)16-21(25)23-13-11-22(12-14-23)20(24)15-18-5-3-2-4-6-18/h2-10H,11-16H2,1H3. The van der Waals surface area contributed by atoms with Gasteiger partial charge in [0.2, 0.25) is 11.8 Å². The third kappa shape index (κ3) is 4.69. The van der Waals surface area contributed by atoms with Gasteiger partial charge in [-0.2, -0.15) is 0 Å². The highest BCUT2D eigenvalue weighted by Crippen LogP contribution is 2.10. The first kappa shape index (κ1) is 17.2. The predicted octanol–water partition coefficient (Wildman–Crippen LogP) is 2.45. The summed E-state index contributed by atoms with van der Waals surface area (Å²) in [4.78, 5) is 28.6. The molecule has 0 aromatic heterocycles. The van der Waals surface area contributed by atoms with Gasteiger partial charge in [0.1, 0.15) is 0 Å². The van der Waals surface area contributed by atoms with Gasteiger partial charge in [0.25, 0.3) is 0 Å². The summed E-state index contributed by atoms with van der Waals surface area (Å²) in [7, 11) is 0. The molecule has 0 spiro atoms. The van der Waals surface area contributed by atoms with E-state index in [4.69, 9.17) is 0 Å². The number of hydrogen-bond donors (Lipinski definition) is 0. The zero-order valence-electron chi connectivity index (χ0n) is 14.6. The van der Waals surface area contributed by atoms with Crippen LogP contribution in [0.5, 0.6) is 0 Å². The summed E-state index contributed by atoms with van der Waals surface area (Å²) in [5.74, 6) is 0.274. The molecule has 2 aromatic carbocycles. The van der Waals surface area contributed by atoms with Crippen LogP contribution in [0.3, 0.4) is 0 Å². The highest BCUT2D eigenvalue weighted by molar-refractivity contribution is 5.81. The van der Waals surface area contributed by atoms with Crippen molar-refractivity contribution in [2.45, 2.75) is 19.8 Å². The van der Waals surface area contributed by atoms with Crippen LogP contribution >= 0.6 is 0 Å². The van der Waals surface area contributed by atoms with Crippen LogP contribution in [0.1, 0.15) is 16.7 Å². The Morgan fingerprint density at radius 1 is 0.720 bits per heavy atom. The number of piperazine rings is 1. The quantitative estimate of drug-likeness (QED) is 0.860. The molecule has 4 heteroatoms. The van der Waals surface area contributed by atoms with E-state index in [-0.39, 0.29) is 11.8 Å². The predicted molar refractivity (Wildman–Crippen MR) is 98.2 cm³/mol. The molecule has 2 aromatic rings. The van der Waals surface area contributed by atoms with Crippen molar-refractivity contribution in [2.24, 2.45) is 0 Å². The fourth-order valence-corrected chi connectivity index (χ4v) is 3.08. The van der Waals surface area contributed by atoms with E-state index in [0.717, 1.165) is 11.1 Å². The smallest absolute Gasteiger partial charge is 0.227 e. The van der Waals surface area contributed by atoms with Crippen molar-refractivity contribution in [3.63, 3.8) is 0 Å². The summed E-state index contributed by atoms with van der Waals surface area (Å²) in [6.07, 6.45) is 0.858. The van der Waals surface area contributed by atoms with Crippen LogP contribution in [0.2, 0.25) is 0 Å². The Morgan fingerprint density at radius 3 is 1.64 bits per heavy atom. The molecule has 0 saturated carbocycles. The number of aryl methyl sites for hydroxylation is 1. The highest BCUT2D eigenvalue weighted by Gasteiger charge is 2.24. The summed E-state index contributed by atoms with van der Waals surface area (Å²) in [6.45, 7) is 4.50. The van der Waals surface area contributed by atoms with Crippen molar-refractivity contribution < 1.29 is 9.59 Å². The first-order valence-corrected chi connectivity index (χ1v) is 8.77. The van der Waals surface area contributed by atoms with E-state index in [1.165, 1.54) is 5.56 Å². The number of carbonyl (C=O) groups excluding carboxylic acids is 2. The molecule has 0 aliphatic carbocycles. The minimum absolute atomic E-state index is 0.136. The summed E-state index contributed by atoms with van der Waals surface area (Å²) in [5, 5.41) is 0. The number of nitrogens with zero attached hydrogens (tertiary/aromatic N) is 2. The largest absolute Gasteiger partial charge is 0.339 e. The fraction of sp³-hybridized carbons (Fsp3) is 0.333. The van der Waals surface area contributed by atoms with Crippen molar-refractivity contribution in [3.8, 4) is 0 Å². The summed E-state index contributed by atoms with van der Waals surface area (Å²) >= 11 is 0. The molecule has 0 atom stereocenters. The highest BCUT2D eigenvalue weighted by atomic mass is 16.2. The molecule has 1 saturated heterocycles. The Hall–Kier alpha value is -2.62. The van der Waals surface area contributed by atoms with E-state index in [9.17, 15) is 9.59 Å². The maximum atomic E-state index is 12.4. The Kier molecular flexibility index (Phi) is 5.49. The molecule has 4 nitrogen and oxygen atoms in total. The lowest BCUT2D eigenvalue weighted by Crippen LogP contribution is -2.51. The maximum absolute atomic E-state index is 12.4. The maximum Gasteiger partial charge on any atom is 0.227 e. The lowest BCUT2D eigenvalue weighted by Gasteiger charge is -2.35. The third-order valence-electron chi connectivity index (χ3n) is 4.66. The second-order valence-electron chi connectivity index (χ2n) is 6.59. The molecule has 3 rings (SSSR count). The zero-order valence-corrected chi connectivity index (χ0v) is 14.6. The Labute approximate surface area is 149 Å². The number of amides is 2.